The van der Waals surface area contributed by atoms with Crippen LogP contribution in [0.4, 0.5) is 4.79 Å². The van der Waals surface area contributed by atoms with E-state index in [-0.39, 0.29) is 24.0 Å². The van der Waals surface area contributed by atoms with E-state index < -0.39 is 5.60 Å². The Balaban J connectivity index is 3.11. The molecular weight excluding hydrogens is 380 g/mol. The lowest BCUT2D eigenvalue weighted by atomic mass is 9.98. The van der Waals surface area contributed by atoms with Gasteiger partial charge in [-0.15, -0.1) is 0 Å². The summed E-state index contributed by atoms with van der Waals surface area (Å²) in [6.07, 6.45) is 4.18. The van der Waals surface area contributed by atoms with Gasteiger partial charge in [-0.3, -0.25) is 14.7 Å². The maximum Gasteiger partial charge on any atom is 0.410 e. The third kappa shape index (κ3) is 7.26. The van der Waals surface area contributed by atoms with Gasteiger partial charge in [-0.25, -0.2) is 4.79 Å². The Bertz CT molecular complexity index is 691. The average Bonchev–Trinajstić information content (AvgIpc) is 3.13. The lowest BCUT2D eigenvalue weighted by Gasteiger charge is -2.33. The Morgan fingerprint density at radius 1 is 1.33 bits per heavy atom. The first-order valence-electron chi connectivity index (χ1n) is 11.0. The lowest BCUT2D eigenvalue weighted by molar-refractivity contribution is -0.129. The molecule has 1 heterocycles. The Labute approximate surface area is 182 Å². The highest BCUT2D eigenvalue weighted by Gasteiger charge is 2.38. The number of allylic oxidation sites excluding steroid dienone is 2. The number of carbonyl (C=O) groups is 2. The van der Waals surface area contributed by atoms with E-state index in [1.807, 2.05) is 47.6 Å². The number of carbonyl (C=O) groups excluding carboxylic acids is 2. The van der Waals surface area contributed by atoms with Crippen molar-refractivity contribution in [1.82, 2.24) is 9.80 Å². The highest BCUT2D eigenvalue weighted by molar-refractivity contribution is 6.13. The van der Waals surface area contributed by atoms with Crippen LogP contribution in [-0.2, 0) is 9.53 Å². The third-order valence-corrected chi connectivity index (χ3v) is 5.20. The number of likely N-dealkylation sites (tertiary alicyclic amines) is 1. The summed E-state index contributed by atoms with van der Waals surface area (Å²) in [6, 6.07) is -0.165. The molecule has 0 aromatic rings. The Morgan fingerprint density at radius 2 is 1.97 bits per heavy atom. The molecule has 1 aliphatic heterocycles. The van der Waals surface area contributed by atoms with E-state index in [0.717, 1.165) is 18.4 Å². The van der Waals surface area contributed by atoms with Crippen LogP contribution in [-0.4, -0.2) is 65.1 Å². The molecule has 1 aliphatic rings. The minimum Gasteiger partial charge on any atom is -0.444 e. The number of hydrogen-bond acceptors (Lipinski definition) is 5. The molecule has 170 valence electrons. The van der Waals surface area contributed by atoms with Crippen LogP contribution in [0.2, 0.25) is 0 Å². The van der Waals surface area contributed by atoms with Crippen molar-refractivity contribution in [2.75, 3.05) is 20.1 Å². The Kier molecular flexibility index (Phi) is 9.72. The van der Waals surface area contributed by atoms with Gasteiger partial charge in [0.05, 0.1) is 12.0 Å². The summed E-state index contributed by atoms with van der Waals surface area (Å²) in [5.74, 6) is 0.271. The normalized spacial score (nSPS) is 18.9. The number of rotatable bonds is 7. The molecule has 2 unspecified atom stereocenters. The monoisotopic (exact) mass is 420 g/mol. The van der Waals surface area contributed by atoms with E-state index >= 15 is 0 Å². The van der Waals surface area contributed by atoms with Crippen molar-refractivity contribution in [3.63, 3.8) is 0 Å². The van der Waals surface area contributed by atoms with Gasteiger partial charge < -0.3 is 15.0 Å². The van der Waals surface area contributed by atoms with E-state index in [2.05, 4.69) is 11.9 Å². The minimum atomic E-state index is -0.560. The molecule has 0 bridgehead atoms. The van der Waals surface area contributed by atoms with Crippen LogP contribution in [0.15, 0.2) is 16.6 Å². The maximum atomic E-state index is 13.1. The van der Waals surface area contributed by atoms with Gasteiger partial charge in [0.2, 0.25) is 5.91 Å². The van der Waals surface area contributed by atoms with Crippen molar-refractivity contribution in [2.45, 2.75) is 85.8 Å². The van der Waals surface area contributed by atoms with Gasteiger partial charge in [-0.2, -0.15) is 0 Å². The smallest absolute Gasteiger partial charge is 0.410 e. The molecule has 1 saturated heterocycles. The van der Waals surface area contributed by atoms with E-state index in [4.69, 9.17) is 10.1 Å². The van der Waals surface area contributed by atoms with Crippen molar-refractivity contribution in [3.05, 3.63) is 11.6 Å². The SMILES string of the molecule is CCCC(=O)N(C(=NC)C(C)C(=N)/C=C(\C)CC)C1CCN(C(=O)OC(C)(C)C)C1. The Hall–Kier alpha value is -2.18. The number of amides is 2. The molecule has 1 fully saturated rings. The molecule has 0 spiro atoms. The summed E-state index contributed by atoms with van der Waals surface area (Å²) >= 11 is 0. The molecule has 7 heteroatoms. The highest BCUT2D eigenvalue weighted by Crippen LogP contribution is 2.23. The van der Waals surface area contributed by atoms with Crippen molar-refractivity contribution in [2.24, 2.45) is 10.9 Å². The fourth-order valence-corrected chi connectivity index (χ4v) is 3.44. The van der Waals surface area contributed by atoms with Gasteiger partial charge in [-0.1, -0.05) is 19.4 Å². The van der Waals surface area contributed by atoms with Crippen molar-refractivity contribution >= 4 is 23.5 Å². The number of nitrogens with zero attached hydrogens (tertiary/aromatic N) is 3. The van der Waals surface area contributed by atoms with E-state index in [0.29, 0.717) is 37.5 Å². The van der Waals surface area contributed by atoms with Gasteiger partial charge in [0, 0.05) is 32.3 Å². The fraction of sp³-hybridized carbons (Fsp3) is 0.739. The van der Waals surface area contributed by atoms with Crippen molar-refractivity contribution in [3.8, 4) is 0 Å². The van der Waals surface area contributed by atoms with Crippen LogP contribution in [0.25, 0.3) is 0 Å². The summed E-state index contributed by atoms with van der Waals surface area (Å²) in [6.45, 7) is 14.4. The van der Waals surface area contributed by atoms with Crippen LogP contribution < -0.4 is 0 Å². The molecule has 2 amide bonds. The second kappa shape index (κ2) is 11.3. The zero-order chi connectivity index (χ0) is 23.1. The molecule has 1 N–H and O–H groups in total. The predicted octanol–water partition coefficient (Wildman–Crippen LogP) is 4.66. The largest absolute Gasteiger partial charge is 0.444 e. The molecule has 0 aliphatic carbocycles. The number of nitrogens with one attached hydrogen (secondary N) is 1. The first-order valence-corrected chi connectivity index (χ1v) is 11.0. The molecule has 2 atom stereocenters. The fourth-order valence-electron chi connectivity index (χ4n) is 3.44. The molecular formula is C23H40N4O3. The molecule has 1 rings (SSSR count). The van der Waals surface area contributed by atoms with Gasteiger partial charge in [0.25, 0.3) is 0 Å². The van der Waals surface area contributed by atoms with E-state index in [1.54, 1.807) is 16.8 Å². The molecule has 0 aromatic carbocycles. The van der Waals surface area contributed by atoms with Crippen molar-refractivity contribution < 1.29 is 14.3 Å². The van der Waals surface area contributed by atoms with Crippen LogP contribution >= 0.6 is 0 Å². The first kappa shape index (κ1) is 25.9. The second-order valence-electron chi connectivity index (χ2n) is 8.99. The summed E-state index contributed by atoms with van der Waals surface area (Å²) in [7, 11) is 1.67. The molecule has 7 nitrogen and oxygen atoms in total. The van der Waals surface area contributed by atoms with Gasteiger partial charge >= 0.3 is 6.09 Å². The summed E-state index contributed by atoms with van der Waals surface area (Å²) < 4.78 is 5.50. The van der Waals surface area contributed by atoms with Gasteiger partial charge in [0.1, 0.15) is 11.4 Å². The minimum absolute atomic E-state index is 0.00928. The van der Waals surface area contributed by atoms with Gasteiger partial charge in [-0.05, 0) is 60.0 Å². The molecule has 0 aromatic heterocycles. The van der Waals surface area contributed by atoms with Crippen LogP contribution in [0, 0.1) is 11.3 Å². The van der Waals surface area contributed by atoms with Crippen molar-refractivity contribution in [1.29, 1.82) is 5.41 Å². The van der Waals surface area contributed by atoms with Crippen LogP contribution in [0.5, 0.6) is 0 Å². The molecule has 0 saturated carbocycles. The van der Waals surface area contributed by atoms with Crippen LogP contribution in [0.1, 0.15) is 74.1 Å². The van der Waals surface area contributed by atoms with E-state index in [9.17, 15) is 9.59 Å². The standard InChI is InChI=1S/C23H40N4O3/c1-9-11-20(28)27(21(25-8)17(4)19(24)14-16(3)10-2)18-12-13-26(15-18)22(29)30-23(5,6)7/h14,17-18,24H,9-13,15H2,1-8H3/b16-14+,24-19?,25-21?. The van der Waals surface area contributed by atoms with Crippen LogP contribution in [0.3, 0.4) is 0 Å². The topological polar surface area (TPSA) is 86.1 Å². The average molecular weight is 421 g/mol. The molecule has 0 radical (unpaired) electrons. The number of hydrogen-bond donors (Lipinski definition) is 1. The lowest BCUT2D eigenvalue weighted by Crippen LogP contribution is -2.49. The number of amidine groups is 1. The quantitative estimate of drug-likeness (QED) is 0.480. The summed E-state index contributed by atoms with van der Waals surface area (Å²) in [4.78, 5) is 33.4. The second-order valence-corrected chi connectivity index (χ2v) is 8.99. The zero-order valence-electron chi connectivity index (χ0n) is 20.0. The predicted molar refractivity (Wildman–Crippen MR) is 122 cm³/mol. The first-order chi connectivity index (χ1) is 13.9. The molecule has 30 heavy (non-hydrogen) atoms. The maximum absolute atomic E-state index is 13.1. The Morgan fingerprint density at radius 3 is 2.47 bits per heavy atom. The van der Waals surface area contributed by atoms with Gasteiger partial charge in [0.15, 0.2) is 0 Å². The highest BCUT2D eigenvalue weighted by atomic mass is 16.6. The third-order valence-electron chi connectivity index (χ3n) is 5.20. The summed E-state index contributed by atoms with van der Waals surface area (Å²) in [5.41, 5.74) is 0.993. The summed E-state index contributed by atoms with van der Waals surface area (Å²) in [5, 5.41) is 8.50. The zero-order valence-corrected chi connectivity index (χ0v) is 20.0. The van der Waals surface area contributed by atoms with E-state index in [1.165, 1.54) is 0 Å². The number of aliphatic imine (C=N–C) groups is 1. The number of ether oxygens (including phenoxy) is 1.